The molecule has 2 aromatic heterocycles. The molecule has 0 aliphatic carbocycles. The quantitative estimate of drug-likeness (QED) is 0.836. The van der Waals surface area contributed by atoms with E-state index in [1.165, 1.54) is 11.3 Å². The number of hydrogen-bond acceptors (Lipinski definition) is 3. The fourth-order valence-electron chi connectivity index (χ4n) is 3.33. The number of likely N-dealkylation sites (tertiary alicyclic amines) is 1. The number of aromatic carboxylic acids is 1. The van der Waals surface area contributed by atoms with Crippen molar-refractivity contribution in [1.82, 2.24) is 9.88 Å². The first-order valence-corrected chi connectivity index (χ1v) is 8.61. The van der Waals surface area contributed by atoms with Gasteiger partial charge in [0, 0.05) is 17.5 Å². The molecule has 1 saturated heterocycles. The molecule has 1 aliphatic rings. The van der Waals surface area contributed by atoms with Crippen molar-refractivity contribution in [1.29, 1.82) is 0 Å². The van der Waals surface area contributed by atoms with E-state index in [9.17, 15) is 14.7 Å². The highest BCUT2D eigenvalue weighted by Gasteiger charge is 2.28. The van der Waals surface area contributed by atoms with Gasteiger partial charge in [0.05, 0.1) is 15.8 Å². The maximum absolute atomic E-state index is 12.8. The first-order valence-electron chi connectivity index (χ1n) is 7.80. The molecular formula is C17H20N2O3S. The molecule has 6 heteroatoms. The summed E-state index contributed by atoms with van der Waals surface area (Å²) in [4.78, 5) is 29.9. The molecule has 1 amide bonds. The molecule has 0 radical (unpaired) electrons. The van der Waals surface area contributed by atoms with E-state index in [1.54, 1.807) is 13.0 Å². The number of fused-ring (bicyclic) bond motifs is 1. The summed E-state index contributed by atoms with van der Waals surface area (Å²) >= 11 is 1.40. The second-order valence-corrected chi connectivity index (χ2v) is 7.19. The SMILES string of the molecule is C=CCC1CCCCN1C(=O)c1cc2sc(C)c(C(=O)O)c2[nH]1. The van der Waals surface area contributed by atoms with Crippen LogP contribution in [0.4, 0.5) is 0 Å². The predicted octanol–water partition coefficient (Wildman–Crippen LogP) is 3.81. The minimum Gasteiger partial charge on any atom is -0.478 e. The van der Waals surface area contributed by atoms with E-state index >= 15 is 0 Å². The van der Waals surface area contributed by atoms with Gasteiger partial charge in [-0.05, 0) is 38.7 Å². The van der Waals surface area contributed by atoms with Crippen LogP contribution in [-0.4, -0.2) is 39.5 Å². The van der Waals surface area contributed by atoms with Gasteiger partial charge in [0.1, 0.15) is 5.69 Å². The molecule has 23 heavy (non-hydrogen) atoms. The van der Waals surface area contributed by atoms with Gasteiger partial charge in [-0.25, -0.2) is 4.79 Å². The summed E-state index contributed by atoms with van der Waals surface area (Å²) in [5, 5.41) is 9.34. The van der Waals surface area contributed by atoms with Crippen LogP contribution in [0.3, 0.4) is 0 Å². The molecule has 2 aromatic rings. The van der Waals surface area contributed by atoms with Crippen LogP contribution in [0.25, 0.3) is 10.2 Å². The van der Waals surface area contributed by atoms with Crippen molar-refractivity contribution >= 4 is 33.4 Å². The number of rotatable bonds is 4. The van der Waals surface area contributed by atoms with Gasteiger partial charge in [-0.3, -0.25) is 4.79 Å². The Labute approximate surface area is 138 Å². The molecule has 0 aromatic carbocycles. The van der Waals surface area contributed by atoms with E-state index < -0.39 is 5.97 Å². The standard InChI is InChI=1S/C17H20N2O3S/c1-3-6-11-7-4-5-8-19(11)16(20)12-9-13-15(18-12)14(17(21)22)10(2)23-13/h3,9,11,18H,1,4-8H2,2H3,(H,21,22). The number of amides is 1. The van der Waals surface area contributed by atoms with E-state index in [2.05, 4.69) is 11.6 Å². The van der Waals surface area contributed by atoms with E-state index in [0.717, 1.165) is 41.8 Å². The van der Waals surface area contributed by atoms with Crippen LogP contribution in [0.1, 0.15) is 51.4 Å². The number of hydrogen-bond donors (Lipinski definition) is 2. The number of aromatic nitrogens is 1. The fourth-order valence-corrected chi connectivity index (χ4v) is 4.38. The second kappa shape index (κ2) is 6.20. The third-order valence-electron chi connectivity index (χ3n) is 4.42. The number of carboxylic acid groups (broad SMARTS) is 1. The molecular weight excluding hydrogens is 312 g/mol. The monoisotopic (exact) mass is 332 g/mol. The van der Waals surface area contributed by atoms with Crippen molar-refractivity contribution in [2.75, 3.05) is 6.54 Å². The molecule has 0 saturated carbocycles. The number of piperidine rings is 1. The average Bonchev–Trinajstić information content (AvgIpc) is 3.03. The maximum Gasteiger partial charge on any atom is 0.338 e. The van der Waals surface area contributed by atoms with E-state index in [4.69, 9.17) is 0 Å². The van der Waals surface area contributed by atoms with Gasteiger partial charge in [0.2, 0.25) is 0 Å². The van der Waals surface area contributed by atoms with Crippen LogP contribution in [0.2, 0.25) is 0 Å². The summed E-state index contributed by atoms with van der Waals surface area (Å²) in [7, 11) is 0. The first kappa shape index (κ1) is 15.8. The Balaban J connectivity index is 1.94. The van der Waals surface area contributed by atoms with E-state index in [0.29, 0.717) is 11.2 Å². The Morgan fingerprint density at radius 2 is 2.30 bits per heavy atom. The number of nitrogens with one attached hydrogen (secondary N) is 1. The number of carbonyl (C=O) groups is 2. The lowest BCUT2D eigenvalue weighted by Gasteiger charge is -2.35. The zero-order valence-corrected chi connectivity index (χ0v) is 13.9. The van der Waals surface area contributed by atoms with Crippen LogP contribution in [0, 0.1) is 6.92 Å². The number of thiophene rings is 1. The van der Waals surface area contributed by atoms with Crippen LogP contribution < -0.4 is 0 Å². The normalized spacial score (nSPS) is 18.3. The van der Waals surface area contributed by atoms with Crippen molar-refractivity contribution in [2.45, 2.75) is 38.6 Å². The molecule has 1 atom stereocenters. The van der Waals surface area contributed by atoms with Crippen molar-refractivity contribution in [3.8, 4) is 0 Å². The van der Waals surface area contributed by atoms with Crippen molar-refractivity contribution in [2.24, 2.45) is 0 Å². The lowest BCUT2D eigenvalue weighted by molar-refractivity contribution is 0.0610. The third-order valence-corrected chi connectivity index (χ3v) is 5.47. The summed E-state index contributed by atoms with van der Waals surface area (Å²) in [5.74, 6) is -1.01. The number of nitrogens with zero attached hydrogens (tertiary/aromatic N) is 1. The Morgan fingerprint density at radius 3 is 3.00 bits per heavy atom. The average molecular weight is 332 g/mol. The number of H-pyrrole nitrogens is 1. The smallest absolute Gasteiger partial charge is 0.338 e. The first-order chi connectivity index (χ1) is 11.0. The molecule has 2 N–H and O–H groups in total. The molecule has 1 aliphatic heterocycles. The van der Waals surface area contributed by atoms with Crippen LogP contribution in [0.5, 0.6) is 0 Å². The highest BCUT2D eigenvalue weighted by atomic mass is 32.1. The maximum atomic E-state index is 12.8. The number of carboxylic acids is 1. The van der Waals surface area contributed by atoms with E-state index in [1.807, 2.05) is 11.0 Å². The van der Waals surface area contributed by atoms with Gasteiger partial charge in [-0.15, -0.1) is 17.9 Å². The highest BCUT2D eigenvalue weighted by molar-refractivity contribution is 7.19. The zero-order valence-electron chi connectivity index (χ0n) is 13.1. The summed E-state index contributed by atoms with van der Waals surface area (Å²) in [5.41, 5.74) is 1.30. The van der Waals surface area contributed by atoms with Gasteiger partial charge in [-0.2, -0.15) is 0 Å². The van der Waals surface area contributed by atoms with Gasteiger partial charge in [-0.1, -0.05) is 6.08 Å². The topological polar surface area (TPSA) is 73.4 Å². The van der Waals surface area contributed by atoms with Crippen LogP contribution in [0.15, 0.2) is 18.7 Å². The fraction of sp³-hybridized carbons (Fsp3) is 0.412. The van der Waals surface area contributed by atoms with Crippen molar-refractivity contribution in [3.05, 3.63) is 34.9 Å². The zero-order chi connectivity index (χ0) is 16.6. The molecule has 5 nitrogen and oxygen atoms in total. The number of aromatic amines is 1. The van der Waals surface area contributed by atoms with Crippen LogP contribution in [-0.2, 0) is 0 Å². The summed E-state index contributed by atoms with van der Waals surface area (Å²) in [6, 6.07) is 1.97. The van der Waals surface area contributed by atoms with Crippen molar-refractivity contribution < 1.29 is 14.7 Å². The van der Waals surface area contributed by atoms with Gasteiger partial charge >= 0.3 is 5.97 Å². The minimum atomic E-state index is -0.961. The Bertz CT molecular complexity index is 774. The molecule has 0 spiro atoms. The van der Waals surface area contributed by atoms with E-state index in [-0.39, 0.29) is 17.5 Å². The number of carbonyl (C=O) groups excluding carboxylic acids is 1. The lowest BCUT2D eigenvalue weighted by Crippen LogP contribution is -2.43. The largest absolute Gasteiger partial charge is 0.478 e. The summed E-state index contributed by atoms with van der Waals surface area (Å²) in [6.45, 7) is 6.31. The summed E-state index contributed by atoms with van der Waals surface area (Å²) < 4.78 is 0.820. The molecule has 3 rings (SSSR count). The minimum absolute atomic E-state index is 0.0473. The van der Waals surface area contributed by atoms with Crippen LogP contribution >= 0.6 is 11.3 Å². The Hall–Kier alpha value is -2.08. The second-order valence-electron chi connectivity index (χ2n) is 5.93. The Kier molecular flexibility index (Phi) is 4.26. The van der Waals surface area contributed by atoms with Gasteiger partial charge in [0.25, 0.3) is 5.91 Å². The molecule has 0 bridgehead atoms. The molecule has 122 valence electrons. The lowest BCUT2D eigenvalue weighted by atomic mass is 9.99. The van der Waals surface area contributed by atoms with Crippen molar-refractivity contribution in [3.63, 3.8) is 0 Å². The molecule has 3 heterocycles. The number of aryl methyl sites for hydroxylation is 1. The molecule has 1 fully saturated rings. The Morgan fingerprint density at radius 1 is 1.52 bits per heavy atom. The van der Waals surface area contributed by atoms with Gasteiger partial charge < -0.3 is 15.0 Å². The predicted molar refractivity (Wildman–Crippen MR) is 91.4 cm³/mol. The highest BCUT2D eigenvalue weighted by Crippen LogP contribution is 2.32. The third kappa shape index (κ3) is 2.79. The molecule has 1 unspecified atom stereocenters. The van der Waals surface area contributed by atoms with Gasteiger partial charge in [0.15, 0.2) is 0 Å². The summed E-state index contributed by atoms with van der Waals surface area (Å²) in [6.07, 6.45) is 5.78.